The SMILES string of the molecule is COc1ccc(N(C)c2nc(C)nc3c2CC(C)N3)cc1.Cl. The van der Waals surface area contributed by atoms with Crippen molar-refractivity contribution in [1.82, 2.24) is 9.97 Å². The van der Waals surface area contributed by atoms with Crippen LogP contribution in [0.2, 0.25) is 0 Å². The molecular formula is C16H21ClN4O. The molecule has 0 saturated carbocycles. The number of halogens is 1. The normalized spacial score (nSPS) is 15.5. The van der Waals surface area contributed by atoms with Gasteiger partial charge in [0.05, 0.1) is 7.11 Å². The molecule has 2 aromatic rings. The van der Waals surface area contributed by atoms with Gasteiger partial charge in [0.2, 0.25) is 0 Å². The van der Waals surface area contributed by atoms with Crippen molar-refractivity contribution in [2.24, 2.45) is 0 Å². The molecule has 2 heterocycles. The Balaban J connectivity index is 0.00000176. The number of nitrogens with zero attached hydrogens (tertiary/aromatic N) is 3. The molecule has 0 saturated heterocycles. The summed E-state index contributed by atoms with van der Waals surface area (Å²) in [6, 6.07) is 8.39. The van der Waals surface area contributed by atoms with Crippen molar-refractivity contribution < 1.29 is 4.74 Å². The summed E-state index contributed by atoms with van der Waals surface area (Å²) in [6.45, 7) is 4.09. The molecule has 1 aliphatic heterocycles. The van der Waals surface area contributed by atoms with Gasteiger partial charge in [0, 0.05) is 24.3 Å². The summed E-state index contributed by atoms with van der Waals surface area (Å²) in [4.78, 5) is 11.2. The lowest BCUT2D eigenvalue weighted by Crippen LogP contribution is -2.14. The van der Waals surface area contributed by atoms with E-state index in [9.17, 15) is 0 Å². The highest BCUT2D eigenvalue weighted by molar-refractivity contribution is 5.85. The Labute approximate surface area is 137 Å². The summed E-state index contributed by atoms with van der Waals surface area (Å²) < 4.78 is 5.21. The molecule has 1 atom stereocenters. The van der Waals surface area contributed by atoms with Crippen molar-refractivity contribution >= 4 is 29.7 Å². The predicted octanol–water partition coefficient (Wildman–Crippen LogP) is 3.34. The number of aryl methyl sites for hydroxylation is 1. The molecule has 118 valence electrons. The number of fused-ring (bicyclic) bond motifs is 1. The number of benzene rings is 1. The molecule has 0 bridgehead atoms. The zero-order chi connectivity index (χ0) is 15.0. The third-order valence-electron chi connectivity index (χ3n) is 3.77. The van der Waals surface area contributed by atoms with E-state index in [0.717, 1.165) is 35.3 Å². The van der Waals surface area contributed by atoms with E-state index >= 15 is 0 Å². The number of rotatable bonds is 3. The van der Waals surface area contributed by atoms with E-state index in [2.05, 4.69) is 27.1 Å². The van der Waals surface area contributed by atoms with E-state index in [1.54, 1.807) is 7.11 Å². The Morgan fingerprint density at radius 3 is 2.55 bits per heavy atom. The molecule has 1 unspecified atom stereocenters. The van der Waals surface area contributed by atoms with Crippen molar-refractivity contribution in [2.75, 3.05) is 24.4 Å². The highest BCUT2D eigenvalue weighted by Gasteiger charge is 2.25. The van der Waals surface area contributed by atoms with Gasteiger partial charge < -0.3 is 15.0 Å². The fourth-order valence-electron chi connectivity index (χ4n) is 2.68. The van der Waals surface area contributed by atoms with Crippen molar-refractivity contribution in [1.29, 1.82) is 0 Å². The summed E-state index contributed by atoms with van der Waals surface area (Å²) in [5, 5.41) is 3.41. The van der Waals surface area contributed by atoms with Crippen LogP contribution in [-0.4, -0.2) is 30.2 Å². The lowest BCUT2D eigenvalue weighted by Gasteiger charge is -2.21. The second-order valence-electron chi connectivity index (χ2n) is 5.43. The van der Waals surface area contributed by atoms with Gasteiger partial charge in [-0.15, -0.1) is 12.4 Å². The van der Waals surface area contributed by atoms with E-state index in [1.165, 1.54) is 5.56 Å². The molecule has 0 aliphatic carbocycles. The fourth-order valence-corrected chi connectivity index (χ4v) is 2.68. The Kier molecular flexibility index (Phi) is 4.76. The first-order valence-corrected chi connectivity index (χ1v) is 7.10. The zero-order valence-electron chi connectivity index (χ0n) is 13.3. The minimum atomic E-state index is 0. The maximum Gasteiger partial charge on any atom is 0.141 e. The molecule has 1 aliphatic rings. The van der Waals surface area contributed by atoms with Crippen LogP contribution in [0.3, 0.4) is 0 Å². The maximum absolute atomic E-state index is 5.21. The van der Waals surface area contributed by atoms with Crippen LogP contribution in [-0.2, 0) is 6.42 Å². The van der Waals surface area contributed by atoms with Crippen LogP contribution in [0.5, 0.6) is 5.75 Å². The van der Waals surface area contributed by atoms with Gasteiger partial charge in [-0.2, -0.15) is 0 Å². The largest absolute Gasteiger partial charge is 0.497 e. The predicted molar refractivity (Wildman–Crippen MR) is 91.9 cm³/mol. The Bertz CT molecular complexity index is 660. The van der Waals surface area contributed by atoms with Gasteiger partial charge in [-0.1, -0.05) is 0 Å². The highest BCUT2D eigenvalue weighted by Crippen LogP contribution is 2.34. The monoisotopic (exact) mass is 320 g/mol. The second-order valence-corrected chi connectivity index (χ2v) is 5.43. The third-order valence-corrected chi connectivity index (χ3v) is 3.77. The number of methoxy groups -OCH3 is 1. The molecule has 22 heavy (non-hydrogen) atoms. The molecule has 1 N–H and O–H groups in total. The number of nitrogens with one attached hydrogen (secondary N) is 1. The zero-order valence-corrected chi connectivity index (χ0v) is 14.1. The average Bonchev–Trinajstić information content (AvgIpc) is 2.85. The standard InChI is InChI=1S/C16H20N4O.ClH/c1-10-9-14-15(17-10)18-11(2)19-16(14)20(3)12-5-7-13(21-4)8-6-12;/h5-8,10H,9H2,1-4H3,(H,17,18,19);1H. The van der Waals surface area contributed by atoms with Gasteiger partial charge in [0.1, 0.15) is 23.2 Å². The number of hydrogen-bond donors (Lipinski definition) is 1. The molecule has 1 aromatic heterocycles. The molecule has 6 heteroatoms. The summed E-state index contributed by atoms with van der Waals surface area (Å²) in [5.74, 6) is 3.57. The highest BCUT2D eigenvalue weighted by atomic mass is 35.5. The van der Waals surface area contributed by atoms with Crippen LogP contribution < -0.4 is 15.0 Å². The minimum Gasteiger partial charge on any atom is -0.497 e. The lowest BCUT2D eigenvalue weighted by atomic mass is 10.1. The summed E-state index contributed by atoms with van der Waals surface area (Å²) >= 11 is 0. The van der Waals surface area contributed by atoms with Crippen molar-refractivity contribution in [3.8, 4) is 5.75 Å². The smallest absolute Gasteiger partial charge is 0.141 e. The van der Waals surface area contributed by atoms with Crippen molar-refractivity contribution in [3.05, 3.63) is 35.7 Å². The number of hydrogen-bond acceptors (Lipinski definition) is 5. The molecule has 0 amide bonds. The molecular weight excluding hydrogens is 300 g/mol. The first-order chi connectivity index (χ1) is 10.1. The quantitative estimate of drug-likeness (QED) is 0.940. The lowest BCUT2D eigenvalue weighted by molar-refractivity contribution is 0.415. The first kappa shape index (κ1) is 16.4. The van der Waals surface area contributed by atoms with Crippen molar-refractivity contribution in [2.45, 2.75) is 26.3 Å². The van der Waals surface area contributed by atoms with Gasteiger partial charge >= 0.3 is 0 Å². The van der Waals surface area contributed by atoms with Crippen LogP contribution in [0.4, 0.5) is 17.3 Å². The summed E-state index contributed by atoms with van der Waals surface area (Å²) in [7, 11) is 3.71. The number of anilines is 3. The van der Waals surface area contributed by atoms with Crippen LogP contribution >= 0.6 is 12.4 Å². The van der Waals surface area contributed by atoms with E-state index in [1.807, 2.05) is 38.2 Å². The van der Waals surface area contributed by atoms with Gasteiger partial charge in [-0.05, 0) is 44.5 Å². The molecule has 1 aromatic carbocycles. The third kappa shape index (κ3) is 2.95. The Morgan fingerprint density at radius 1 is 1.23 bits per heavy atom. The Hall–Kier alpha value is -2.01. The van der Waals surface area contributed by atoms with E-state index in [4.69, 9.17) is 4.74 Å². The van der Waals surface area contributed by atoms with E-state index in [0.29, 0.717) is 6.04 Å². The number of aromatic nitrogens is 2. The summed E-state index contributed by atoms with van der Waals surface area (Å²) in [5.41, 5.74) is 2.27. The van der Waals surface area contributed by atoms with Crippen LogP contribution in [0, 0.1) is 6.92 Å². The van der Waals surface area contributed by atoms with Gasteiger partial charge in [0.15, 0.2) is 0 Å². The molecule has 5 nitrogen and oxygen atoms in total. The molecule has 3 rings (SSSR count). The fraction of sp³-hybridized carbons (Fsp3) is 0.375. The molecule has 0 fully saturated rings. The minimum absolute atomic E-state index is 0. The van der Waals surface area contributed by atoms with E-state index in [-0.39, 0.29) is 12.4 Å². The second kappa shape index (κ2) is 6.40. The number of ether oxygens (including phenoxy) is 1. The first-order valence-electron chi connectivity index (χ1n) is 7.10. The molecule has 0 radical (unpaired) electrons. The summed E-state index contributed by atoms with van der Waals surface area (Å²) in [6.07, 6.45) is 0.950. The van der Waals surface area contributed by atoms with E-state index < -0.39 is 0 Å². The maximum atomic E-state index is 5.21. The van der Waals surface area contributed by atoms with Gasteiger partial charge in [-0.25, -0.2) is 9.97 Å². The average molecular weight is 321 g/mol. The van der Waals surface area contributed by atoms with Crippen LogP contribution in [0.25, 0.3) is 0 Å². The van der Waals surface area contributed by atoms with Crippen LogP contribution in [0.15, 0.2) is 24.3 Å². The Morgan fingerprint density at radius 2 is 1.91 bits per heavy atom. The van der Waals surface area contributed by atoms with Gasteiger partial charge in [0.25, 0.3) is 0 Å². The molecule has 0 spiro atoms. The van der Waals surface area contributed by atoms with Gasteiger partial charge in [-0.3, -0.25) is 0 Å². The topological polar surface area (TPSA) is 50.3 Å². The van der Waals surface area contributed by atoms with Crippen molar-refractivity contribution in [3.63, 3.8) is 0 Å². The van der Waals surface area contributed by atoms with Crippen LogP contribution in [0.1, 0.15) is 18.3 Å².